The van der Waals surface area contributed by atoms with Crippen LogP contribution in [-0.2, 0) is 23.7 Å². The Morgan fingerprint density at radius 2 is 0.941 bits per heavy atom. The maximum atomic E-state index is 10.8. The fourth-order valence-electron chi connectivity index (χ4n) is 4.05. The molecule has 3 saturated heterocycles. The molecule has 11 N–H and O–H groups in total. The minimum atomic E-state index is -1.90. The number of hydrogen-bond donors (Lipinski definition) is 11. The maximum Gasteiger partial charge on any atom is 0.187 e. The fraction of sp³-hybridized carbons (Fsp3) is 1.00. The lowest BCUT2D eigenvalue weighted by molar-refractivity contribution is -0.378. The van der Waals surface area contributed by atoms with Gasteiger partial charge in [-0.25, -0.2) is 0 Å². The lowest BCUT2D eigenvalue weighted by Crippen LogP contribution is -2.66. The quantitative estimate of drug-likeness (QED) is 0.154. The van der Waals surface area contributed by atoms with Crippen molar-refractivity contribution < 1.29 is 79.9 Å². The Bertz CT molecular complexity index is 637. The van der Waals surface area contributed by atoms with Gasteiger partial charge in [-0.15, -0.1) is 0 Å². The van der Waals surface area contributed by atoms with Gasteiger partial charge in [0.25, 0.3) is 0 Å². The van der Waals surface area contributed by atoms with Crippen LogP contribution in [0.3, 0.4) is 0 Å². The average molecular weight is 504 g/mol. The first-order chi connectivity index (χ1) is 16.0. The third kappa shape index (κ3) is 5.37. The Morgan fingerprint density at radius 1 is 0.441 bits per heavy atom. The van der Waals surface area contributed by atoms with Crippen molar-refractivity contribution in [3.63, 3.8) is 0 Å². The van der Waals surface area contributed by atoms with Gasteiger partial charge < -0.3 is 79.9 Å². The molecule has 0 bridgehead atoms. The number of ether oxygens (including phenoxy) is 5. The molecule has 0 spiro atoms. The molecule has 0 radical (unpaired) electrons. The number of aliphatic hydroxyl groups excluding tert-OH is 11. The molecule has 3 aliphatic heterocycles. The van der Waals surface area contributed by atoms with Crippen LogP contribution in [0.2, 0.25) is 0 Å². The molecule has 0 aromatic rings. The molecule has 3 fully saturated rings. The van der Waals surface area contributed by atoms with Crippen LogP contribution >= 0.6 is 0 Å². The lowest BCUT2D eigenvalue weighted by atomic mass is 9.96. The van der Waals surface area contributed by atoms with E-state index in [0.717, 1.165) is 0 Å². The van der Waals surface area contributed by atoms with E-state index in [1.54, 1.807) is 0 Å². The van der Waals surface area contributed by atoms with E-state index in [4.69, 9.17) is 23.7 Å². The predicted octanol–water partition coefficient (Wildman–Crippen LogP) is -7.57. The van der Waals surface area contributed by atoms with Gasteiger partial charge >= 0.3 is 0 Å². The van der Waals surface area contributed by atoms with Gasteiger partial charge in [-0.3, -0.25) is 0 Å². The van der Waals surface area contributed by atoms with E-state index in [1.165, 1.54) is 0 Å². The first-order valence-electron chi connectivity index (χ1n) is 10.6. The normalized spacial score (nSPS) is 52.5. The van der Waals surface area contributed by atoms with Crippen LogP contribution in [0, 0.1) is 0 Å². The molecule has 0 aromatic heterocycles. The summed E-state index contributed by atoms with van der Waals surface area (Å²) in [5.74, 6) is 0. The highest BCUT2D eigenvalue weighted by Crippen LogP contribution is 2.32. The summed E-state index contributed by atoms with van der Waals surface area (Å²) in [6.45, 7) is -2.34. The summed E-state index contributed by atoms with van der Waals surface area (Å²) in [6, 6.07) is 0. The van der Waals surface area contributed by atoms with Crippen molar-refractivity contribution >= 4 is 0 Å². The minimum absolute atomic E-state index is 0.759. The van der Waals surface area contributed by atoms with E-state index in [-0.39, 0.29) is 0 Å². The fourth-order valence-corrected chi connectivity index (χ4v) is 4.05. The standard InChI is InChI=1S/C18H32O16/c19-1-4-7(22)9(24)12(27)17(31-4)34-15-8(23)5(2-20)32-18(13(15)28)33-14-6(3-21)30-16(29)11(26)10(14)25/h4-29H,1-3H2. The molecule has 15 atom stereocenters. The molecular weight excluding hydrogens is 472 g/mol. The molecule has 0 aromatic carbocycles. The number of aliphatic hydroxyl groups is 11. The van der Waals surface area contributed by atoms with Gasteiger partial charge in [0.05, 0.1) is 19.8 Å². The molecular formula is C18H32O16. The molecule has 3 aliphatic rings. The third-order valence-electron chi connectivity index (χ3n) is 6.09. The maximum absolute atomic E-state index is 10.8. The summed E-state index contributed by atoms with van der Waals surface area (Å²) < 4.78 is 26.4. The van der Waals surface area contributed by atoms with Gasteiger partial charge in [-0.05, 0) is 0 Å². The van der Waals surface area contributed by atoms with Crippen LogP contribution in [0.5, 0.6) is 0 Å². The van der Waals surface area contributed by atoms with Crippen LogP contribution in [-0.4, -0.2) is 168 Å². The second kappa shape index (κ2) is 11.6. The SMILES string of the molecule is OCC1OC(OC2C(O)C(CO)OC(OC3C(CO)OC(O)C(O)C3O)C2O)C(O)C(O)C1O. The number of hydrogen-bond acceptors (Lipinski definition) is 16. The molecule has 15 unspecified atom stereocenters. The largest absolute Gasteiger partial charge is 0.394 e. The molecule has 0 saturated carbocycles. The Morgan fingerprint density at radius 3 is 1.50 bits per heavy atom. The smallest absolute Gasteiger partial charge is 0.187 e. The highest BCUT2D eigenvalue weighted by atomic mass is 16.7. The van der Waals surface area contributed by atoms with Gasteiger partial charge in [0.1, 0.15) is 73.2 Å². The Balaban J connectivity index is 1.78. The topological polar surface area (TPSA) is 269 Å². The highest BCUT2D eigenvalue weighted by Gasteiger charge is 2.53. The lowest BCUT2D eigenvalue weighted by Gasteiger charge is -2.47. The van der Waals surface area contributed by atoms with Crippen LogP contribution in [0.4, 0.5) is 0 Å². The van der Waals surface area contributed by atoms with E-state index < -0.39 is 112 Å². The summed E-state index contributed by atoms with van der Waals surface area (Å²) in [4.78, 5) is 0. The minimum Gasteiger partial charge on any atom is -0.394 e. The first kappa shape index (κ1) is 27.9. The van der Waals surface area contributed by atoms with E-state index >= 15 is 0 Å². The third-order valence-corrected chi connectivity index (χ3v) is 6.09. The van der Waals surface area contributed by atoms with Crippen molar-refractivity contribution in [3.8, 4) is 0 Å². The first-order valence-corrected chi connectivity index (χ1v) is 10.6. The Kier molecular flexibility index (Phi) is 9.54. The van der Waals surface area contributed by atoms with Crippen LogP contribution in [0.25, 0.3) is 0 Å². The van der Waals surface area contributed by atoms with E-state index in [1.807, 2.05) is 0 Å². The molecule has 0 amide bonds. The summed E-state index contributed by atoms with van der Waals surface area (Å²) in [5, 5.41) is 109. The molecule has 16 nitrogen and oxygen atoms in total. The zero-order chi connectivity index (χ0) is 25.3. The van der Waals surface area contributed by atoms with Crippen molar-refractivity contribution in [1.82, 2.24) is 0 Å². The molecule has 16 heteroatoms. The Labute approximate surface area is 192 Å². The summed E-state index contributed by atoms with van der Waals surface area (Å²) in [5.41, 5.74) is 0. The zero-order valence-corrected chi connectivity index (χ0v) is 17.7. The second-order valence-corrected chi connectivity index (χ2v) is 8.33. The zero-order valence-electron chi connectivity index (χ0n) is 17.7. The summed E-state index contributed by atoms with van der Waals surface area (Å²) in [6.07, 6.45) is -25.4. The van der Waals surface area contributed by atoms with Gasteiger partial charge in [0, 0.05) is 0 Å². The van der Waals surface area contributed by atoms with Gasteiger partial charge in [-0.1, -0.05) is 0 Å². The Hall–Kier alpha value is -0.640. The van der Waals surface area contributed by atoms with Crippen molar-refractivity contribution in [2.75, 3.05) is 19.8 Å². The van der Waals surface area contributed by atoms with Crippen molar-refractivity contribution in [2.24, 2.45) is 0 Å². The van der Waals surface area contributed by atoms with Crippen molar-refractivity contribution in [1.29, 1.82) is 0 Å². The monoisotopic (exact) mass is 504 g/mol. The van der Waals surface area contributed by atoms with Crippen LogP contribution < -0.4 is 0 Å². The second-order valence-electron chi connectivity index (χ2n) is 8.33. The summed E-state index contributed by atoms with van der Waals surface area (Å²) >= 11 is 0. The van der Waals surface area contributed by atoms with E-state index in [2.05, 4.69) is 0 Å². The van der Waals surface area contributed by atoms with E-state index in [0.29, 0.717) is 0 Å². The van der Waals surface area contributed by atoms with Crippen LogP contribution in [0.1, 0.15) is 0 Å². The molecule has 3 rings (SSSR count). The molecule has 200 valence electrons. The van der Waals surface area contributed by atoms with Crippen LogP contribution in [0.15, 0.2) is 0 Å². The molecule has 0 aliphatic carbocycles. The van der Waals surface area contributed by atoms with Gasteiger partial charge in [-0.2, -0.15) is 0 Å². The summed E-state index contributed by atoms with van der Waals surface area (Å²) in [7, 11) is 0. The number of rotatable bonds is 7. The predicted molar refractivity (Wildman–Crippen MR) is 101 cm³/mol. The highest BCUT2D eigenvalue weighted by molar-refractivity contribution is 4.96. The molecule has 3 heterocycles. The molecule has 34 heavy (non-hydrogen) atoms. The average Bonchev–Trinajstić information content (AvgIpc) is 2.83. The van der Waals surface area contributed by atoms with E-state index in [9.17, 15) is 56.2 Å². The van der Waals surface area contributed by atoms with Gasteiger partial charge in [0.2, 0.25) is 0 Å². The van der Waals surface area contributed by atoms with Crippen molar-refractivity contribution in [3.05, 3.63) is 0 Å². The van der Waals surface area contributed by atoms with Gasteiger partial charge in [0.15, 0.2) is 18.9 Å². The van der Waals surface area contributed by atoms with Crippen molar-refractivity contribution in [2.45, 2.75) is 92.1 Å².